The third-order valence-electron chi connectivity index (χ3n) is 2.07. The molecule has 0 aliphatic heterocycles. The minimum Gasteiger partial charge on any atom is -0.480 e. The van der Waals surface area contributed by atoms with Crippen molar-refractivity contribution in [2.24, 2.45) is 5.73 Å². The number of aliphatic carboxylic acids is 1. The van der Waals surface area contributed by atoms with E-state index in [1.807, 2.05) is 13.1 Å². The number of aryl methyl sites for hydroxylation is 1. The number of aromatic nitrogens is 2. The Morgan fingerprint density at radius 1 is 1.79 bits per heavy atom. The molecule has 0 aromatic carbocycles. The van der Waals surface area contributed by atoms with Crippen LogP contribution in [0.1, 0.15) is 19.4 Å². The van der Waals surface area contributed by atoms with E-state index in [-0.39, 0.29) is 6.54 Å². The van der Waals surface area contributed by atoms with Crippen molar-refractivity contribution in [2.45, 2.75) is 32.4 Å². The first-order valence-corrected chi connectivity index (χ1v) is 4.49. The molecule has 0 spiro atoms. The maximum Gasteiger partial charge on any atom is 0.325 e. The van der Waals surface area contributed by atoms with Gasteiger partial charge in [0.05, 0.1) is 12.7 Å². The van der Waals surface area contributed by atoms with E-state index in [0.717, 1.165) is 12.0 Å². The van der Waals surface area contributed by atoms with Crippen molar-refractivity contribution < 1.29 is 9.90 Å². The predicted octanol–water partition coefficient (Wildman–Crippen LogP) is 0.247. The number of hydrogen-bond acceptors (Lipinski definition) is 3. The first kappa shape index (κ1) is 10.7. The zero-order valence-electron chi connectivity index (χ0n) is 8.40. The number of nitrogens with two attached hydrogens (primary N) is 1. The third kappa shape index (κ3) is 2.32. The van der Waals surface area contributed by atoms with Crippen molar-refractivity contribution >= 4 is 5.97 Å². The second-order valence-electron chi connectivity index (χ2n) is 3.62. The van der Waals surface area contributed by atoms with Gasteiger partial charge in [-0.3, -0.25) is 9.48 Å². The zero-order chi connectivity index (χ0) is 10.8. The molecular weight excluding hydrogens is 182 g/mol. The molecule has 0 bridgehead atoms. The Morgan fingerprint density at radius 2 is 2.43 bits per heavy atom. The molecule has 1 unspecified atom stereocenters. The third-order valence-corrected chi connectivity index (χ3v) is 2.07. The van der Waals surface area contributed by atoms with Crippen LogP contribution in [-0.2, 0) is 17.8 Å². The predicted molar refractivity (Wildman–Crippen MR) is 51.8 cm³/mol. The van der Waals surface area contributed by atoms with Crippen LogP contribution in [0.15, 0.2) is 12.4 Å². The number of hydrogen-bond donors (Lipinski definition) is 2. The molecule has 3 N–H and O–H groups in total. The average molecular weight is 197 g/mol. The molecule has 0 saturated carbocycles. The van der Waals surface area contributed by atoms with Crippen molar-refractivity contribution in [3.63, 3.8) is 0 Å². The Kier molecular flexibility index (Phi) is 2.90. The summed E-state index contributed by atoms with van der Waals surface area (Å²) in [5.41, 5.74) is 5.39. The Balaban J connectivity index is 2.73. The van der Waals surface area contributed by atoms with Crippen LogP contribution in [0.25, 0.3) is 0 Å². The Labute approximate surface area is 82.5 Å². The minimum absolute atomic E-state index is 0.183. The van der Waals surface area contributed by atoms with Gasteiger partial charge in [0.25, 0.3) is 0 Å². The van der Waals surface area contributed by atoms with Crippen molar-refractivity contribution in [1.82, 2.24) is 9.78 Å². The molecular formula is C9H15N3O2. The Bertz CT molecular complexity index is 331. The minimum atomic E-state index is -1.27. The summed E-state index contributed by atoms with van der Waals surface area (Å²) in [5, 5.41) is 12.8. The molecule has 78 valence electrons. The van der Waals surface area contributed by atoms with Gasteiger partial charge in [-0.05, 0) is 18.9 Å². The van der Waals surface area contributed by atoms with Gasteiger partial charge in [-0.2, -0.15) is 5.10 Å². The van der Waals surface area contributed by atoms with Gasteiger partial charge >= 0.3 is 5.97 Å². The molecule has 0 radical (unpaired) electrons. The van der Waals surface area contributed by atoms with Crippen LogP contribution < -0.4 is 5.73 Å². The van der Waals surface area contributed by atoms with Crippen LogP contribution in [0.3, 0.4) is 0 Å². The molecule has 0 saturated heterocycles. The molecule has 1 rings (SSSR count). The number of carbonyl (C=O) groups is 1. The molecule has 5 nitrogen and oxygen atoms in total. The maximum atomic E-state index is 10.7. The topological polar surface area (TPSA) is 81.1 Å². The molecule has 0 fully saturated rings. The second kappa shape index (κ2) is 3.79. The number of carboxylic acids is 1. The SMILES string of the molecule is CCc1cnn(CC(C)(N)C(=O)O)c1. The monoisotopic (exact) mass is 197 g/mol. The van der Waals surface area contributed by atoms with Crippen molar-refractivity contribution in [3.8, 4) is 0 Å². The van der Waals surface area contributed by atoms with Crippen molar-refractivity contribution in [1.29, 1.82) is 0 Å². The largest absolute Gasteiger partial charge is 0.480 e. The van der Waals surface area contributed by atoms with E-state index in [9.17, 15) is 4.79 Å². The van der Waals surface area contributed by atoms with E-state index in [1.54, 1.807) is 10.9 Å². The molecule has 5 heteroatoms. The smallest absolute Gasteiger partial charge is 0.325 e. The van der Waals surface area contributed by atoms with E-state index in [2.05, 4.69) is 5.10 Å². The fourth-order valence-electron chi connectivity index (χ4n) is 1.08. The van der Waals surface area contributed by atoms with Gasteiger partial charge in [-0.15, -0.1) is 0 Å². The molecule has 1 heterocycles. The molecule has 1 aromatic rings. The molecule has 0 aliphatic carbocycles. The highest BCUT2D eigenvalue weighted by atomic mass is 16.4. The molecule has 1 atom stereocenters. The molecule has 14 heavy (non-hydrogen) atoms. The summed E-state index contributed by atoms with van der Waals surface area (Å²) in [4.78, 5) is 10.7. The van der Waals surface area contributed by atoms with Crippen LogP contribution >= 0.6 is 0 Å². The summed E-state index contributed by atoms with van der Waals surface area (Å²) in [5.74, 6) is -1.02. The van der Waals surface area contributed by atoms with E-state index in [1.165, 1.54) is 6.92 Å². The standard InChI is InChI=1S/C9H15N3O2/c1-3-7-4-11-12(5-7)6-9(2,10)8(13)14/h4-5H,3,6,10H2,1-2H3,(H,13,14). The van der Waals surface area contributed by atoms with Gasteiger partial charge in [0.1, 0.15) is 5.54 Å². The highest BCUT2D eigenvalue weighted by Crippen LogP contribution is 2.05. The van der Waals surface area contributed by atoms with E-state index in [4.69, 9.17) is 10.8 Å². The van der Waals surface area contributed by atoms with Crippen molar-refractivity contribution in [3.05, 3.63) is 18.0 Å². The first-order valence-electron chi connectivity index (χ1n) is 4.49. The van der Waals surface area contributed by atoms with E-state index in [0.29, 0.717) is 0 Å². The van der Waals surface area contributed by atoms with Crippen LogP contribution in [-0.4, -0.2) is 26.4 Å². The van der Waals surface area contributed by atoms with Gasteiger partial charge in [-0.25, -0.2) is 0 Å². The Hall–Kier alpha value is -1.36. The zero-order valence-corrected chi connectivity index (χ0v) is 8.40. The van der Waals surface area contributed by atoms with Crippen LogP contribution in [0, 0.1) is 0 Å². The fourth-order valence-corrected chi connectivity index (χ4v) is 1.08. The number of nitrogens with zero attached hydrogens (tertiary/aromatic N) is 2. The van der Waals surface area contributed by atoms with Gasteiger partial charge in [0.2, 0.25) is 0 Å². The second-order valence-corrected chi connectivity index (χ2v) is 3.62. The number of carboxylic acid groups (broad SMARTS) is 1. The lowest BCUT2D eigenvalue weighted by Crippen LogP contribution is -2.48. The first-order chi connectivity index (χ1) is 6.45. The molecule has 1 aromatic heterocycles. The van der Waals surface area contributed by atoms with Crippen LogP contribution in [0.4, 0.5) is 0 Å². The van der Waals surface area contributed by atoms with Crippen LogP contribution in [0.2, 0.25) is 0 Å². The van der Waals surface area contributed by atoms with Gasteiger partial charge < -0.3 is 10.8 Å². The lowest BCUT2D eigenvalue weighted by molar-refractivity contribution is -0.143. The highest BCUT2D eigenvalue weighted by Gasteiger charge is 2.28. The van der Waals surface area contributed by atoms with Gasteiger partial charge in [0, 0.05) is 6.20 Å². The fraction of sp³-hybridized carbons (Fsp3) is 0.556. The number of rotatable bonds is 4. The summed E-state index contributed by atoms with van der Waals surface area (Å²) in [6.45, 7) is 3.67. The van der Waals surface area contributed by atoms with Crippen LogP contribution in [0.5, 0.6) is 0 Å². The van der Waals surface area contributed by atoms with Gasteiger partial charge in [-0.1, -0.05) is 6.92 Å². The molecule has 0 amide bonds. The van der Waals surface area contributed by atoms with Gasteiger partial charge in [0.15, 0.2) is 0 Å². The summed E-state index contributed by atoms with van der Waals surface area (Å²) in [6.07, 6.45) is 4.42. The highest BCUT2D eigenvalue weighted by molar-refractivity contribution is 5.77. The average Bonchev–Trinajstić information content (AvgIpc) is 2.51. The summed E-state index contributed by atoms with van der Waals surface area (Å²) in [6, 6.07) is 0. The van der Waals surface area contributed by atoms with E-state index < -0.39 is 11.5 Å². The summed E-state index contributed by atoms with van der Waals surface area (Å²) in [7, 11) is 0. The lowest BCUT2D eigenvalue weighted by Gasteiger charge is -2.18. The molecule has 0 aliphatic rings. The quantitative estimate of drug-likeness (QED) is 0.724. The van der Waals surface area contributed by atoms with E-state index >= 15 is 0 Å². The van der Waals surface area contributed by atoms with Crippen molar-refractivity contribution in [2.75, 3.05) is 0 Å². The Morgan fingerprint density at radius 3 is 2.86 bits per heavy atom. The summed E-state index contributed by atoms with van der Waals surface area (Å²) >= 11 is 0. The lowest BCUT2D eigenvalue weighted by atomic mass is 10.1. The normalized spacial score (nSPS) is 15.1. The summed E-state index contributed by atoms with van der Waals surface area (Å²) < 4.78 is 1.56. The maximum absolute atomic E-state index is 10.7.